The fourth-order valence-corrected chi connectivity index (χ4v) is 2.75. The maximum Gasteiger partial charge on any atom is 0.274 e. The van der Waals surface area contributed by atoms with Crippen LogP contribution in [0.4, 0.5) is 11.4 Å². The minimum absolute atomic E-state index is 0.0388. The predicted octanol–water partition coefficient (Wildman–Crippen LogP) is 2.03. The Morgan fingerprint density at radius 3 is 1.93 bits per heavy atom. The Morgan fingerprint density at radius 2 is 1.43 bits per heavy atom. The number of primary amides is 1. The van der Waals surface area contributed by atoms with Crippen molar-refractivity contribution in [2.45, 2.75) is 0 Å². The van der Waals surface area contributed by atoms with Crippen LogP contribution in [-0.2, 0) is 0 Å². The highest BCUT2D eigenvalue weighted by Crippen LogP contribution is 2.29. The first-order valence-electron chi connectivity index (χ1n) is 8.71. The molecule has 0 unspecified atom stereocenters. The largest absolute Gasteiger partial charge is 0.496 e. The first kappa shape index (κ1) is 20.4. The molecule has 0 radical (unpaired) electrons. The van der Waals surface area contributed by atoms with Gasteiger partial charge >= 0.3 is 0 Å². The molecule has 1 heterocycles. The molecule has 2 aromatic carbocycles. The molecule has 0 aliphatic rings. The van der Waals surface area contributed by atoms with Gasteiger partial charge in [-0.25, -0.2) is 4.98 Å². The van der Waals surface area contributed by atoms with Crippen molar-refractivity contribution in [2.75, 3.05) is 24.9 Å². The van der Waals surface area contributed by atoms with Gasteiger partial charge in [-0.15, -0.1) is 0 Å². The Kier molecular flexibility index (Phi) is 5.97. The van der Waals surface area contributed by atoms with Crippen LogP contribution in [0.1, 0.15) is 31.3 Å². The first-order chi connectivity index (χ1) is 14.4. The van der Waals surface area contributed by atoms with E-state index >= 15 is 0 Å². The second kappa shape index (κ2) is 8.78. The van der Waals surface area contributed by atoms with E-state index in [4.69, 9.17) is 15.2 Å². The van der Waals surface area contributed by atoms with Crippen LogP contribution in [0.2, 0.25) is 0 Å². The monoisotopic (exact) mass is 409 g/mol. The lowest BCUT2D eigenvalue weighted by Gasteiger charge is -2.13. The topological polar surface area (TPSA) is 148 Å². The van der Waals surface area contributed by atoms with Crippen molar-refractivity contribution in [3.63, 3.8) is 0 Å². The van der Waals surface area contributed by atoms with Crippen molar-refractivity contribution >= 4 is 29.1 Å². The molecule has 3 aromatic rings. The molecule has 0 saturated heterocycles. The van der Waals surface area contributed by atoms with Gasteiger partial charge in [-0.05, 0) is 36.4 Å². The molecule has 0 saturated carbocycles. The summed E-state index contributed by atoms with van der Waals surface area (Å²) in [6.45, 7) is 0. The zero-order chi connectivity index (χ0) is 21.7. The average Bonchev–Trinajstić information content (AvgIpc) is 3.25. The van der Waals surface area contributed by atoms with Crippen LogP contribution in [0.3, 0.4) is 0 Å². The van der Waals surface area contributed by atoms with E-state index < -0.39 is 17.7 Å². The molecule has 30 heavy (non-hydrogen) atoms. The summed E-state index contributed by atoms with van der Waals surface area (Å²) < 4.78 is 10.5. The first-order valence-corrected chi connectivity index (χ1v) is 8.71. The third-order valence-electron chi connectivity index (χ3n) is 4.16. The summed E-state index contributed by atoms with van der Waals surface area (Å²) in [5, 5.41) is 5.37. The highest BCUT2D eigenvalue weighted by molar-refractivity contribution is 6.10. The highest BCUT2D eigenvalue weighted by atomic mass is 16.5. The summed E-state index contributed by atoms with van der Waals surface area (Å²) in [7, 11) is 2.93. The molecule has 10 nitrogen and oxygen atoms in total. The van der Waals surface area contributed by atoms with Gasteiger partial charge in [0.05, 0.1) is 20.5 Å². The van der Waals surface area contributed by atoms with Gasteiger partial charge in [0.2, 0.25) is 0 Å². The van der Waals surface area contributed by atoms with Gasteiger partial charge in [-0.1, -0.05) is 6.07 Å². The molecule has 0 atom stereocenters. The van der Waals surface area contributed by atoms with Crippen molar-refractivity contribution in [1.29, 1.82) is 0 Å². The summed E-state index contributed by atoms with van der Waals surface area (Å²) in [6, 6.07) is 11.4. The number of hydrogen-bond donors (Lipinski definition) is 4. The van der Waals surface area contributed by atoms with Crippen LogP contribution in [0.5, 0.6) is 11.5 Å². The van der Waals surface area contributed by atoms with Gasteiger partial charge in [0, 0.05) is 11.4 Å². The average molecular weight is 409 g/mol. The van der Waals surface area contributed by atoms with Crippen molar-refractivity contribution in [3.05, 3.63) is 65.7 Å². The maximum atomic E-state index is 12.7. The highest BCUT2D eigenvalue weighted by Gasteiger charge is 2.19. The molecule has 5 N–H and O–H groups in total. The lowest BCUT2D eigenvalue weighted by molar-refractivity contribution is 0.0972. The van der Waals surface area contributed by atoms with E-state index in [9.17, 15) is 14.4 Å². The lowest BCUT2D eigenvalue weighted by atomic mass is 10.1. The van der Waals surface area contributed by atoms with Gasteiger partial charge in [0.1, 0.15) is 22.8 Å². The number of anilines is 2. The SMILES string of the molecule is COc1cccc(OC)c1C(=O)Nc1ccc(NC(=O)c2[nH]cnc2C(N)=O)cc1. The van der Waals surface area contributed by atoms with Gasteiger partial charge in [-0.3, -0.25) is 14.4 Å². The van der Waals surface area contributed by atoms with E-state index in [-0.39, 0.29) is 17.0 Å². The standard InChI is InChI=1S/C20H19N5O5/c1-29-13-4-3-5-14(30-2)15(13)19(27)24-11-6-8-12(9-7-11)25-20(28)17-16(18(21)26)22-10-23-17/h3-10H,1-2H3,(H2,21,26)(H,22,23)(H,24,27)(H,25,28). The number of hydrogen-bond acceptors (Lipinski definition) is 6. The molecular weight excluding hydrogens is 390 g/mol. The molecule has 0 fully saturated rings. The number of methoxy groups -OCH3 is 2. The molecule has 0 spiro atoms. The summed E-state index contributed by atoms with van der Waals surface area (Å²) in [5.74, 6) is -1.05. The number of H-pyrrole nitrogens is 1. The van der Waals surface area contributed by atoms with E-state index in [1.165, 1.54) is 20.5 Å². The zero-order valence-corrected chi connectivity index (χ0v) is 16.2. The van der Waals surface area contributed by atoms with E-state index in [1.807, 2.05) is 0 Å². The third-order valence-corrected chi connectivity index (χ3v) is 4.16. The van der Waals surface area contributed by atoms with Crippen LogP contribution in [0.15, 0.2) is 48.8 Å². The van der Waals surface area contributed by atoms with E-state index in [2.05, 4.69) is 20.6 Å². The van der Waals surface area contributed by atoms with Crippen LogP contribution >= 0.6 is 0 Å². The summed E-state index contributed by atoms with van der Waals surface area (Å²) in [6.07, 6.45) is 1.21. The Balaban J connectivity index is 1.72. The zero-order valence-electron chi connectivity index (χ0n) is 16.2. The number of nitrogens with two attached hydrogens (primary N) is 1. The van der Waals surface area contributed by atoms with E-state index in [0.717, 1.165) is 0 Å². The van der Waals surface area contributed by atoms with Crippen LogP contribution < -0.4 is 25.8 Å². The number of nitrogens with one attached hydrogen (secondary N) is 3. The van der Waals surface area contributed by atoms with E-state index in [0.29, 0.717) is 22.9 Å². The Bertz CT molecular complexity index is 1070. The minimum Gasteiger partial charge on any atom is -0.496 e. The number of ether oxygens (including phenoxy) is 2. The molecule has 154 valence electrons. The van der Waals surface area contributed by atoms with Crippen LogP contribution in [0, 0.1) is 0 Å². The molecular formula is C20H19N5O5. The summed E-state index contributed by atoms with van der Waals surface area (Å²) in [4.78, 5) is 42.6. The number of aromatic nitrogens is 2. The lowest BCUT2D eigenvalue weighted by Crippen LogP contribution is -2.20. The molecule has 10 heteroatoms. The predicted molar refractivity (Wildman–Crippen MR) is 109 cm³/mol. The number of rotatable bonds is 7. The number of amides is 3. The fraction of sp³-hybridized carbons (Fsp3) is 0.100. The number of aromatic amines is 1. The van der Waals surface area contributed by atoms with Crippen molar-refractivity contribution in [1.82, 2.24) is 9.97 Å². The molecule has 3 rings (SSSR count). The van der Waals surface area contributed by atoms with Crippen molar-refractivity contribution < 1.29 is 23.9 Å². The second-order valence-electron chi connectivity index (χ2n) is 6.01. The number of benzene rings is 2. The Morgan fingerprint density at radius 1 is 0.900 bits per heavy atom. The number of carbonyl (C=O) groups is 3. The molecule has 3 amide bonds. The normalized spacial score (nSPS) is 10.2. The van der Waals surface area contributed by atoms with Crippen LogP contribution in [0.25, 0.3) is 0 Å². The summed E-state index contributed by atoms with van der Waals surface area (Å²) in [5.41, 5.74) is 6.19. The number of carbonyl (C=O) groups excluding carboxylic acids is 3. The smallest absolute Gasteiger partial charge is 0.274 e. The van der Waals surface area contributed by atoms with Crippen molar-refractivity contribution in [2.24, 2.45) is 5.73 Å². The fourth-order valence-electron chi connectivity index (χ4n) is 2.75. The van der Waals surface area contributed by atoms with Crippen molar-refractivity contribution in [3.8, 4) is 11.5 Å². The van der Waals surface area contributed by atoms with Gasteiger partial charge < -0.3 is 30.8 Å². The quantitative estimate of drug-likeness (QED) is 0.469. The molecule has 0 aliphatic carbocycles. The molecule has 0 bridgehead atoms. The minimum atomic E-state index is -0.814. The van der Waals surface area contributed by atoms with Gasteiger partial charge in [-0.2, -0.15) is 0 Å². The summed E-state index contributed by atoms with van der Waals surface area (Å²) >= 11 is 0. The van der Waals surface area contributed by atoms with Gasteiger partial charge in [0.15, 0.2) is 5.69 Å². The number of imidazole rings is 1. The Labute approximate surface area is 171 Å². The Hall–Kier alpha value is -4.34. The molecule has 0 aliphatic heterocycles. The maximum absolute atomic E-state index is 12.7. The van der Waals surface area contributed by atoms with E-state index in [1.54, 1.807) is 42.5 Å². The van der Waals surface area contributed by atoms with Crippen LogP contribution in [-0.4, -0.2) is 41.9 Å². The number of nitrogens with zero attached hydrogens (tertiary/aromatic N) is 1. The van der Waals surface area contributed by atoms with Gasteiger partial charge in [0.25, 0.3) is 17.7 Å². The third kappa shape index (κ3) is 4.22. The molecule has 1 aromatic heterocycles. The second-order valence-corrected chi connectivity index (χ2v) is 6.01.